The Balaban J connectivity index is 1.63. The SMILES string of the molecule is Fc1ccc(C(Oc2ccc3cc[nH]c3c2)C(Cl)N2CCCCC2)cc1. The van der Waals surface area contributed by atoms with E-state index in [1.54, 1.807) is 12.1 Å². The summed E-state index contributed by atoms with van der Waals surface area (Å²) in [6.07, 6.45) is 5.07. The van der Waals surface area contributed by atoms with E-state index in [9.17, 15) is 4.39 Å². The zero-order valence-corrected chi connectivity index (χ0v) is 15.3. The van der Waals surface area contributed by atoms with Crippen LogP contribution in [-0.4, -0.2) is 28.5 Å². The van der Waals surface area contributed by atoms with Gasteiger partial charge in [0.25, 0.3) is 0 Å². The van der Waals surface area contributed by atoms with Crippen LogP contribution in [0.25, 0.3) is 10.9 Å². The minimum absolute atomic E-state index is 0.260. The number of alkyl halides is 1. The number of rotatable bonds is 5. The van der Waals surface area contributed by atoms with Gasteiger partial charge in [-0.2, -0.15) is 0 Å². The molecule has 0 radical (unpaired) electrons. The lowest BCUT2D eigenvalue weighted by Crippen LogP contribution is -2.41. The summed E-state index contributed by atoms with van der Waals surface area (Å²) >= 11 is 6.85. The number of piperidine rings is 1. The third-order valence-electron chi connectivity index (χ3n) is 4.98. The zero-order chi connectivity index (χ0) is 17.9. The molecule has 1 aliphatic rings. The number of nitrogens with one attached hydrogen (secondary N) is 1. The first-order chi connectivity index (χ1) is 12.7. The highest BCUT2D eigenvalue weighted by molar-refractivity contribution is 6.20. The van der Waals surface area contributed by atoms with Crippen molar-refractivity contribution >= 4 is 22.5 Å². The maximum Gasteiger partial charge on any atom is 0.153 e. The molecule has 0 spiro atoms. The number of hydrogen-bond donors (Lipinski definition) is 1. The highest BCUT2D eigenvalue weighted by atomic mass is 35.5. The molecular weight excluding hydrogens is 351 g/mol. The van der Waals surface area contributed by atoms with Crippen LogP contribution in [0.3, 0.4) is 0 Å². The van der Waals surface area contributed by atoms with Crippen molar-refractivity contribution in [1.29, 1.82) is 0 Å². The minimum Gasteiger partial charge on any atom is -0.483 e. The molecule has 2 atom stereocenters. The number of aromatic nitrogens is 1. The second kappa shape index (κ2) is 7.68. The number of H-pyrrole nitrogens is 1. The molecule has 3 nitrogen and oxygen atoms in total. The first-order valence-electron chi connectivity index (χ1n) is 9.08. The molecule has 1 aromatic heterocycles. The third-order valence-corrected chi connectivity index (χ3v) is 5.48. The average Bonchev–Trinajstić information content (AvgIpc) is 3.15. The van der Waals surface area contributed by atoms with Crippen LogP contribution in [0.15, 0.2) is 54.7 Å². The van der Waals surface area contributed by atoms with Crippen LogP contribution in [-0.2, 0) is 0 Å². The normalized spacial score (nSPS) is 17.9. The number of aromatic amines is 1. The molecule has 0 amide bonds. The highest BCUT2D eigenvalue weighted by Gasteiger charge is 2.30. The van der Waals surface area contributed by atoms with E-state index in [1.807, 2.05) is 30.5 Å². The Bertz CT molecular complexity index is 858. The summed E-state index contributed by atoms with van der Waals surface area (Å²) in [6.45, 7) is 1.93. The lowest BCUT2D eigenvalue weighted by Gasteiger charge is -2.35. The van der Waals surface area contributed by atoms with Crippen LogP contribution in [0.2, 0.25) is 0 Å². The van der Waals surface area contributed by atoms with Crippen molar-refractivity contribution < 1.29 is 9.13 Å². The Kier molecular flexibility index (Phi) is 5.14. The fraction of sp³-hybridized carbons (Fsp3) is 0.333. The van der Waals surface area contributed by atoms with Gasteiger partial charge in [-0.05, 0) is 67.2 Å². The molecule has 0 bridgehead atoms. The molecule has 1 fully saturated rings. The Hall–Kier alpha value is -2.04. The Morgan fingerprint density at radius 2 is 1.77 bits per heavy atom. The van der Waals surface area contributed by atoms with Gasteiger partial charge < -0.3 is 9.72 Å². The quantitative estimate of drug-likeness (QED) is 0.474. The molecule has 4 rings (SSSR count). The molecule has 2 heterocycles. The maximum absolute atomic E-state index is 13.4. The monoisotopic (exact) mass is 372 g/mol. The number of hydrogen-bond acceptors (Lipinski definition) is 2. The van der Waals surface area contributed by atoms with Gasteiger partial charge in [-0.1, -0.05) is 18.6 Å². The van der Waals surface area contributed by atoms with Crippen molar-refractivity contribution in [2.45, 2.75) is 30.9 Å². The lowest BCUT2D eigenvalue weighted by molar-refractivity contribution is 0.0961. The second-order valence-corrected chi connectivity index (χ2v) is 7.23. The minimum atomic E-state index is -0.372. The molecule has 2 unspecified atom stereocenters. The van der Waals surface area contributed by atoms with Crippen molar-refractivity contribution in [2.24, 2.45) is 0 Å². The molecular formula is C21H22ClFN2O. The predicted molar refractivity (Wildman–Crippen MR) is 103 cm³/mol. The fourth-order valence-corrected chi connectivity index (χ4v) is 3.93. The van der Waals surface area contributed by atoms with Crippen molar-refractivity contribution in [1.82, 2.24) is 9.88 Å². The van der Waals surface area contributed by atoms with Crippen molar-refractivity contribution in [3.05, 3.63) is 66.1 Å². The molecule has 0 aliphatic carbocycles. The van der Waals surface area contributed by atoms with E-state index in [2.05, 4.69) is 9.88 Å². The molecule has 26 heavy (non-hydrogen) atoms. The molecule has 5 heteroatoms. The summed E-state index contributed by atoms with van der Waals surface area (Å²) in [5.74, 6) is 0.487. The summed E-state index contributed by atoms with van der Waals surface area (Å²) in [4.78, 5) is 5.46. The summed E-state index contributed by atoms with van der Waals surface area (Å²) in [7, 11) is 0. The van der Waals surface area contributed by atoms with E-state index in [4.69, 9.17) is 16.3 Å². The van der Waals surface area contributed by atoms with Gasteiger partial charge in [0.15, 0.2) is 6.10 Å². The molecule has 1 N–H and O–H groups in total. The fourth-order valence-electron chi connectivity index (χ4n) is 3.54. The largest absolute Gasteiger partial charge is 0.483 e. The summed E-state index contributed by atoms with van der Waals surface area (Å²) < 4.78 is 19.7. The van der Waals surface area contributed by atoms with Gasteiger partial charge in [-0.15, -0.1) is 11.6 Å². The number of nitrogens with zero attached hydrogens (tertiary/aromatic N) is 1. The first-order valence-corrected chi connectivity index (χ1v) is 9.52. The predicted octanol–water partition coefficient (Wildman–Crippen LogP) is 5.48. The molecule has 1 saturated heterocycles. The van der Waals surface area contributed by atoms with Crippen molar-refractivity contribution in [2.75, 3.05) is 13.1 Å². The van der Waals surface area contributed by atoms with Gasteiger partial charge in [0.2, 0.25) is 0 Å². The van der Waals surface area contributed by atoms with E-state index in [-0.39, 0.29) is 17.4 Å². The molecule has 2 aromatic carbocycles. The van der Waals surface area contributed by atoms with E-state index in [1.165, 1.54) is 18.6 Å². The molecule has 1 aliphatic heterocycles. The second-order valence-electron chi connectivity index (χ2n) is 6.79. The standard InChI is InChI=1S/C21H22ClFN2O/c22-21(25-12-2-1-3-13-25)20(16-4-7-17(23)8-5-16)26-18-9-6-15-10-11-24-19(15)14-18/h4-11,14,20-21,24H,1-3,12-13H2. The van der Waals surface area contributed by atoms with E-state index in [0.29, 0.717) is 0 Å². The highest BCUT2D eigenvalue weighted by Crippen LogP contribution is 2.32. The van der Waals surface area contributed by atoms with E-state index in [0.717, 1.165) is 48.1 Å². The number of ether oxygens (including phenoxy) is 1. The smallest absolute Gasteiger partial charge is 0.153 e. The average molecular weight is 373 g/mol. The molecule has 3 aromatic rings. The Morgan fingerprint density at radius 3 is 2.54 bits per heavy atom. The van der Waals surface area contributed by atoms with Crippen molar-refractivity contribution in [3.63, 3.8) is 0 Å². The van der Waals surface area contributed by atoms with Crippen LogP contribution in [0.4, 0.5) is 4.39 Å². The lowest BCUT2D eigenvalue weighted by atomic mass is 10.1. The number of likely N-dealkylation sites (tertiary alicyclic amines) is 1. The van der Waals surface area contributed by atoms with Crippen LogP contribution in [0, 0.1) is 5.82 Å². The maximum atomic E-state index is 13.4. The molecule has 0 saturated carbocycles. The summed E-state index contributed by atoms with van der Waals surface area (Å²) in [5, 5.41) is 1.13. The first kappa shape index (κ1) is 17.4. The van der Waals surface area contributed by atoms with Crippen LogP contribution < -0.4 is 4.74 Å². The van der Waals surface area contributed by atoms with E-state index >= 15 is 0 Å². The van der Waals surface area contributed by atoms with Gasteiger partial charge >= 0.3 is 0 Å². The third kappa shape index (κ3) is 3.71. The van der Waals surface area contributed by atoms with E-state index < -0.39 is 0 Å². The summed E-state index contributed by atoms with van der Waals surface area (Å²) in [5.41, 5.74) is 1.59. The van der Waals surface area contributed by atoms with Crippen LogP contribution in [0.1, 0.15) is 30.9 Å². The summed E-state index contributed by atoms with van der Waals surface area (Å²) in [6, 6.07) is 14.4. The Labute approximate surface area is 157 Å². The number of halogens is 2. The van der Waals surface area contributed by atoms with Gasteiger partial charge in [-0.25, -0.2) is 4.39 Å². The van der Waals surface area contributed by atoms with Crippen LogP contribution in [0.5, 0.6) is 5.75 Å². The van der Waals surface area contributed by atoms with Gasteiger partial charge in [-0.3, -0.25) is 4.90 Å². The molecule has 136 valence electrons. The zero-order valence-electron chi connectivity index (χ0n) is 14.5. The van der Waals surface area contributed by atoms with Gasteiger partial charge in [0, 0.05) is 17.8 Å². The van der Waals surface area contributed by atoms with Gasteiger partial charge in [0.1, 0.15) is 17.1 Å². The van der Waals surface area contributed by atoms with Crippen molar-refractivity contribution in [3.8, 4) is 5.75 Å². The van der Waals surface area contributed by atoms with Crippen LogP contribution >= 0.6 is 11.6 Å². The van der Waals surface area contributed by atoms with Gasteiger partial charge in [0.05, 0.1) is 0 Å². The topological polar surface area (TPSA) is 28.3 Å². The number of fused-ring (bicyclic) bond motifs is 1. The Morgan fingerprint density at radius 1 is 1.00 bits per heavy atom. The number of benzene rings is 2.